The SMILES string of the molecule is CC(C)N(Cc1ccccc1)C(=O)C1CCCCC1CN. The van der Waals surface area contributed by atoms with Crippen LogP contribution in [-0.4, -0.2) is 23.4 Å². The Hall–Kier alpha value is -1.35. The molecule has 116 valence electrons. The predicted molar refractivity (Wildman–Crippen MR) is 86.6 cm³/mol. The van der Waals surface area contributed by atoms with Crippen LogP contribution in [0.2, 0.25) is 0 Å². The van der Waals surface area contributed by atoms with Gasteiger partial charge in [0.15, 0.2) is 0 Å². The molecular formula is C18H28N2O. The first-order chi connectivity index (χ1) is 10.1. The summed E-state index contributed by atoms with van der Waals surface area (Å²) < 4.78 is 0. The van der Waals surface area contributed by atoms with Crippen molar-refractivity contribution < 1.29 is 4.79 Å². The minimum Gasteiger partial charge on any atom is -0.336 e. The molecule has 1 aliphatic carbocycles. The van der Waals surface area contributed by atoms with Crippen LogP contribution in [0.3, 0.4) is 0 Å². The lowest BCUT2D eigenvalue weighted by Crippen LogP contribution is -2.44. The molecule has 0 saturated heterocycles. The van der Waals surface area contributed by atoms with Crippen LogP contribution in [0.15, 0.2) is 30.3 Å². The molecule has 2 atom stereocenters. The summed E-state index contributed by atoms with van der Waals surface area (Å²) in [4.78, 5) is 15.0. The molecule has 2 N–H and O–H groups in total. The molecule has 21 heavy (non-hydrogen) atoms. The zero-order valence-electron chi connectivity index (χ0n) is 13.3. The van der Waals surface area contributed by atoms with Crippen molar-refractivity contribution in [3.05, 3.63) is 35.9 Å². The number of nitrogens with two attached hydrogens (primary N) is 1. The number of hydrogen-bond acceptors (Lipinski definition) is 2. The fraction of sp³-hybridized carbons (Fsp3) is 0.611. The van der Waals surface area contributed by atoms with Crippen molar-refractivity contribution in [1.82, 2.24) is 4.90 Å². The highest BCUT2D eigenvalue weighted by Gasteiger charge is 2.33. The number of rotatable bonds is 5. The Morgan fingerprint density at radius 3 is 2.52 bits per heavy atom. The summed E-state index contributed by atoms with van der Waals surface area (Å²) in [6.07, 6.45) is 4.47. The van der Waals surface area contributed by atoms with E-state index in [0.717, 1.165) is 19.3 Å². The van der Waals surface area contributed by atoms with Crippen molar-refractivity contribution in [2.45, 2.75) is 52.1 Å². The van der Waals surface area contributed by atoms with Gasteiger partial charge in [-0.1, -0.05) is 43.2 Å². The fourth-order valence-electron chi connectivity index (χ4n) is 3.32. The van der Waals surface area contributed by atoms with Crippen LogP contribution < -0.4 is 5.73 Å². The van der Waals surface area contributed by atoms with Crippen LogP contribution in [-0.2, 0) is 11.3 Å². The monoisotopic (exact) mass is 288 g/mol. The minimum absolute atomic E-state index is 0.120. The van der Waals surface area contributed by atoms with Crippen molar-refractivity contribution in [1.29, 1.82) is 0 Å². The third-order valence-corrected chi connectivity index (χ3v) is 4.63. The van der Waals surface area contributed by atoms with Crippen LogP contribution >= 0.6 is 0 Å². The Bertz CT molecular complexity index is 444. The second-order valence-corrected chi connectivity index (χ2v) is 6.43. The molecule has 1 aromatic rings. The van der Waals surface area contributed by atoms with Gasteiger partial charge in [0.1, 0.15) is 0 Å². The number of amides is 1. The molecule has 1 aromatic carbocycles. The van der Waals surface area contributed by atoms with E-state index in [9.17, 15) is 4.79 Å². The van der Waals surface area contributed by atoms with Crippen LogP contribution in [0, 0.1) is 11.8 Å². The zero-order valence-corrected chi connectivity index (χ0v) is 13.3. The Balaban J connectivity index is 2.11. The highest BCUT2D eigenvalue weighted by atomic mass is 16.2. The van der Waals surface area contributed by atoms with Gasteiger partial charge in [-0.15, -0.1) is 0 Å². The lowest BCUT2D eigenvalue weighted by molar-refractivity contribution is -0.140. The molecule has 0 radical (unpaired) electrons. The average Bonchev–Trinajstić information content (AvgIpc) is 2.52. The summed E-state index contributed by atoms with van der Waals surface area (Å²) in [5.74, 6) is 0.780. The molecule has 1 amide bonds. The molecule has 0 aliphatic heterocycles. The van der Waals surface area contributed by atoms with Gasteiger partial charge in [-0.2, -0.15) is 0 Å². The summed E-state index contributed by atoms with van der Waals surface area (Å²) in [7, 11) is 0. The summed E-state index contributed by atoms with van der Waals surface area (Å²) in [6, 6.07) is 10.5. The number of nitrogens with zero attached hydrogens (tertiary/aromatic N) is 1. The minimum atomic E-state index is 0.120. The van der Waals surface area contributed by atoms with Crippen molar-refractivity contribution in [2.24, 2.45) is 17.6 Å². The molecule has 2 rings (SSSR count). The molecule has 1 saturated carbocycles. The van der Waals surface area contributed by atoms with Crippen LogP contribution in [0.25, 0.3) is 0 Å². The highest BCUT2D eigenvalue weighted by molar-refractivity contribution is 5.79. The molecule has 3 nitrogen and oxygen atoms in total. The smallest absolute Gasteiger partial charge is 0.226 e. The van der Waals surface area contributed by atoms with Crippen molar-refractivity contribution >= 4 is 5.91 Å². The lowest BCUT2D eigenvalue weighted by Gasteiger charge is -2.36. The predicted octanol–water partition coefficient (Wildman–Crippen LogP) is 3.19. The van der Waals surface area contributed by atoms with Gasteiger partial charge in [0.05, 0.1) is 0 Å². The summed E-state index contributed by atoms with van der Waals surface area (Å²) in [5.41, 5.74) is 7.08. The maximum absolute atomic E-state index is 13.0. The number of carbonyl (C=O) groups excluding carboxylic acids is 1. The lowest BCUT2D eigenvalue weighted by atomic mass is 9.78. The molecule has 0 bridgehead atoms. The van der Waals surface area contributed by atoms with E-state index in [2.05, 4.69) is 26.0 Å². The fourth-order valence-corrected chi connectivity index (χ4v) is 3.32. The Kier molecular flexibility index (Phi) is 5.80. The quantitative estimate of drug-likeness (QED) is 0.904. The third kappa shape index (κ3) is 4.07. The van der Waals surface area contributed by atoms with Gasteiger partial charge in [-0.25, -0.2) is 0 Å². The molecule has 2 unspecified atom stereocenters. The normalized spacial score (nSPS) is 22.3. The topological polar surface area (TPSA) is 46.3 Å². The van der Waals surface area contributed by atoms with Gasteiger partial charge >= 0.3 is 0 Å². The maximum Gasteiger partial charge on any atom is 0.226 e. The molecular weight excluding hydrogens is 260 g/mol. The van der Waals surface area contributed by atoms with Gasteiger partial charge in [0, 0.05) is 18.5 Å². The van der Waals surface area contributed by atoms with E-state index < -0.39 is 0 Å². The summed E-state index contributed by atoms with van der Waals surface area (Å²) in [6.45, 7) is 5.53. The van der Waals surface area contributed by atoms with Gasteiger partial charge < -0.3 is 10.6 Å². The molecule has 1 fully saturated rings. The van der Waals surface area contributed by atoms with Crippen LogP contribution in [0.4, 0.5) is 0 Å². The van der Waals surface area contributed by atoms with E-state index in [0.29, 0.717) is 24.9 Å². The first kappa shape index (κ1) is 16.0. The van der Waals surface area contributed by atoms with Crippen molar-refractivity contribution in [3.8, 4) is 0 Å². The number of carbonyl (C=O) groups is 1. The van der Waals surface area contributed by atoms with Gasteiger partial charge in [0.2, 0.25) is 5.91 Å². The maximum atomic E-state index is 13.0. The first-order valence-electron chi connectivity index (χ1n) is 8.18. The van der Waals surface area contributed by atoms with Gasteiger partial charge in [0.25, 0.3) is 0 Å². The Morgan fingerprint density at radius 1 is 1.24 bits per heavy atom. The number of hydrogen-bond donors (Lipinski definition) is 1. The first-order valence-corrected chi connectivity index (χ1v) is 8.18. The van der Waals surface area contributed by atoms with Gasteiger partial charge in [-0.05, 0) is 44.7 Å². The molecule has 0 aromatic heterocycles. The van der Waals surface area contributed by atoms with E-state index in [-0.39, 0.29) is 12.0 Å². The van der Waals surface area contributed by atoms with Crippen LogP contribution in [0.5, 0.6) is 0 Å². The van der Waals surface area contributed by atoms with Crippen LogP contribution in [0.1, 0.15) is 45.1 Å². The second-order valence-electron chi connectivity index (χ2n) is 6.43. The summed E-state index contributed by atoms with van der Waals surface area (Å²) in [5, 5.41) is 0. The zero-order chi connectivity index (χ0) is 15.2. The van der Waals surface area contributed by atoms with E-state index in [4.69, 9.17) is 5.73 Å². The molecule has 1 aliphatic rings. The van der Waals surface area contributed by atoms with E-state index in [1.807, 2.05) is 23.1 Å². The summed E-state index contributed by atoms with van der Waals surface area (Å²) >= 11 is 0. The molecule has 3 heteroatoms. The largest absolute Gasteiger partial charge is 0.336 e. The standard InChI is InChI=1S/C18H28N2O/c1-14(2)20(13-15-8-4-3-5-9-15)18(21)17-11-7-6-10-16(17)12-19/h3-5,8-9,14,16-17H,6-7,10-13,19H2,1-2H3. The van der Waals surface area contributed by atoms with Crippen molar-refractivity contribution in [3.63, 3.8) is 0 Å². The van der Waals surface area contributed by atoms with E-state index in [1.165, 1.54) is 12.0 Å². The van der Waals surface area contributed by atoms with Gasteiger partial charge in [-0.3, -0.25) is 4.79 Å². The Labute approximate surface area is 128 Å². The van der Waals surface area contributed by atoms with Crippen molar-refractivity contribution in [2.75, 3.05) is 6.54 Å². The molecule has 0 spiro atoms. The third-order valence-electron chi connectivity index (χ3n) is 4.63. The van der Waals surface area contributed by atoms with E-state index in [1.54, 1.807) is 0 Å². The highest BCUT2D eigenvalue weighted by Crippen LogP contribution is 2.31. The number of benzene rings is 1. The average molecular weight is 288 g/mol. The Morgan fingerprint density at radius 2 is 1.90 bits per heavy atom. The second kappa shape index (κ2) is 7.60. The van der Waals surface area contributed by atoms with E-state index >= 15 is 0 Å². The molecule has 0 heterocycles.